The van der Waals surface area contributed by atoms with Crippen molar-refractivity contribution in [2.75, 3.05) is 32.6 Å². The van der Waals surface area contributed by atoms with Gasteiger partial charge in [-0.3, -0.25) is 9.59 Å². The molecule has 2 amide bonds. The summed E-state index contributed by atoms with van der Waals surface area (Å²) in [7, 11) is 3.37. The van der Waals surface area contributed by atoms with E-state index in [1.807, 2.05) is 31.2 Å². The first kappa shape index (κ1) is 28.3. The molecule has 1 aromatic carbocycles. The highest BCUT2D eigenvalue weighted by molar-refractivity contribution is 7.15. The lowest BCUT2D eigenvalue weighted by molar-refractivity contribution is -0.146. The predicted molar refractivity (Wildman–Crippen MR) is 148 cm³/mol. The maximum absolute atomic E-state index is 13.2. The van der Waals surface area contributed by atoms with Crippen LogP contribution in [0.25, 0.3) is 0 Å². The SMILES string of the molecule is C=CCN(C)C(=O)C[C@@H]1c2nc(NC(=O)Cc3ccc(OC)cc3)sc2C[C@@H]2[C@](C)(CO)[C@H](O)CC[C@]21C. The average Bonchev–Trinajstić information content (AvgIpc) is 3.29. The Hall–Kier alpha value is -2.75. The van der Waals surface area contributed by atoms with Crippen molar-refractivity contribution in [2.45, 2.75) is 58.0 Å². The number of aliphatic hydroxyl groups excluding tert-OH is 2. The van der Waals surface area contributed by atoms with E-state index in [-0.39, 0.29) is 48.5 Å². The Labute approximate surface area is 228 Å². The van der Waals surface area contributed by atoms with Gasteiger partial charge in [-0.2, -0.15) is 0 Å². The number of carbonyl (C=O) groups excluding carboxylic acids is 2. The Balaban J connectivity index is 1.64. The van der Waals surface area contributed by atoms with Crippen molar-refractivity contribution in [1.29, 1.82) is 0 Å². The summed E-state index contributed by atoms with van der Waals surface area (Å²) in [5.41, 5.74) is 0.684. The van der Waals surface area contributed by atoms with Crippen LogP contribution in [-0.2, 0) is 22.4 Å². The number of fused-ring (bicyclic) bond motifs is 2. The van der Waals surface area contributed by atoms with Gasteiger partial charge in [0.2, 0.25) is 11.8 Å². The standard InChI is InChI=1S/C29H39N3O5S/c1-6-13-32(4)25(36)15-20-26-21(16-22-28(20,2)12-11-23(34)29(22,3)17-33)38-27(31-26)30-24(35)14-18-7-9-19(37-5)10-8-18/h6-10,20,22-23,33-34H,1,11-17H2,2-5H3,(H,30,31,35)/t20-,22+,23-,28+,29+/m1/s1. The summed E-state index contributed by atoms with van der Waals surface area (Å²) in [6.45, 7) is 8.19. The monoisotopic (exact) mass is 541 g/mol. The highest BCUT2D eigenvalue weighted by Gasteiger charge is 2.59. The van der Waals surface area contributed by atoms with Crippen molar-refractivity contribution in [3.8, 4) is 5.75 Å². The van der Waals surface area contributed by atoms with Gasteiger partial charge in [-0.15, -0.1) is 17.9 Å². The lowest BCUT2D eigenvalue weighted by Crippen LogP contribution is -2.57. The van der Waals surface area contributed by atoms with Crippen molar-refractivity contribution in [3.63, 3.8) is 0 Å². The average molecular weight is 542 g/mol. The largest absolute Gasteiger partial charge is 0.497 e. The predicted octanol–water partition coefficient (Wildman–Crippen LogP) is 3.78. The minimum Gasteiger partial charge on any atom is -0.497 e. The molecule has 1 saturated carbocycles. The molecule has 2 aliphatic rings. The molecule has 4 rings (SSSR count). The van der Waals surface area contributed by atoms with Crippen molar-refractivity contribution in [3.05, 3.63) is 53.1 Å². The highest BCUT2D eigenvalue weighted by Crippen LogP contribution is 2.62. The Morgan fingerprint density at radius 1 is 1.32 bits per heavy atom. The molecule has 1 heterocycles. The number of nitrogens with one attached hydrogen (secondary N) is 1. The van der Waals surface area contributed by atoms with Gasteiger partial charge in [0, 0.05) is 36.2 Å². The van der Waals surface area contributed by atoms with Crippen molar-refractivity contribution < 1.29 is 24.5 Å². The highest BCUT2D eigenvalue weighted by atomic mass is 32.1. The Morgan fingerprint density at radius 3 is 2.66 bits per heavy atom. The van der Waals surface area contributed by atoms with Crippen LogP contribution in [0, 0.1) is 16.7 Å². The zero-order chi connectivity index (χ0) is 27.7. The molecule has 2 aromatic rings. The molecule has 1 fully saturated rings. The number of carbonyl (C=O) groups is 2. The number of aliphatic hydroxyl groups is 2. The van der Waals surface area contributed by atoms with Crippen LogP contribution in [0.4, 0.5) is 5.13 Å². The zero-order valence-corrected chi connectivity index (χ0v) is 23.5. The van der Waals surface area contributed by atoms with Gasteiger partial charge in [0.15, 0.2) is 5.13 Å². The lowest BCUT2D eigenvalue weighted by Gasteiger charge is -2.58. The number of likely N-dealkylation sites (N-methyl/N-ethyl adjacent to an activating group) is 1. The topological polar surface area (TPSA) is 112 Å². The second-order valence-electron chi connectivity index (χ2n) is 11.2. The molecule has 0 bridgehead atoms. The normalized spacial score (nSPS) is 28.1. The van der Waals surface area contributed by atoms with E-state index in [2.05, 4.69) is 18.8 Å². The summed E-state index contributed by atoms with van der Waals surface area (Å²) in [6, 6.07) is 7.37. The Kier molecular flexibility index (Phi) is 8.30. The summed E-state index contributed by atoms with van der Waals surface area (Å²) in [5, 5.41) is 24.8. The molecule has 2 aliphatic carbocycles. The number of methoxy groups -OCH3 is 1. The number of hydrogen-bond acceptors (Lipinski definition) is 7. The van der Waals surface area contributed by atoms with E-state index in [0.29, 0.717) is 24.5 Å². The molecule has 0 radical (unpaired) electrons. The number of thiazole rings is 1. The third-order valence-electron chi connectivity index (χ3n) is 8.87. The zero-order valence-electron chi connectivity index (χ0n) is 22.7. The number of nitrogens with zero attached hydrogens (tertiary/aromatic N) is 2. The van der Waals surface area contributed by atoms with Crippen LogP contribution in [0.5, 0.6) is 5.75 Å². The van der Waals surface area contributed by atoms with Gasteiger partial charge < -0.3 is 25.2 Å². The third-order valence-corrected chi connectivity index (χ3v) is 9.88. The number of hydrogen-bond donors (Lipinski definition) is 3. The number of amides is 2. The van der Waals surface area contributed by atoms with Crippen molar-refractivity contribution in [2.24, 2.45) is 16.7 Å². The van der Waals surface area contributed by atoms with Gasteiger partial charge in [-0.1, -0.05) is 32.1 Å². The second kappa shape index (κ2) is 11.2. The van der Waals surface area contributed by atoms with Gasteiger partial charge in [-0.05, 0) is 48.3 Å². The van der Waals surface area contributed by atoms with E-state index in [1.165, 1.54) is 11.3 Å². The van der Waals surface area contributed by atoms with Crippen LogP contribution in [0.3, 0.4) is 0 Å². The molecule has 5 atom stereocenters. The summed E-state index contributed by atoms with van der Waals surface area (Å²) in [5.74, 6) is 0.326. The van der Waals surface area contributed by atoms with Gasteiger partial charge in [-0.25, -0.2) is 4.98 Å². The molecule has 0 unspecified atom stereocenters. The number of anilines is 1. The summed E-state index contributed by atoms with van der Waals surface area (Å²) in [4.78, 5) is 33.6. The molecule has 0 aliphatic heterocycles. The van der Waals surface area contributed by atoms with Crippen LogP contribution in [0.15, 0.2) is 36.9 Å². The van der Waals surface area contributed by atoms with E-state index in [1.54, 1.807) is 25.1 Å². The number of aromatic nitrogens is 1. The third kappa shape index (κ3) is 5.24. The van der Waals surface area contributed by atoms with Gasteiger partial charge in [0.05, 0.1) is 31.9 Å². The van der Waals surface area contributed by atoms with Crippen molar-refractivity contribution >= 4 is 28.3 Å². The van der Waals surface area contributed by atoms with E-state index >= 15 is 0 Å². The lowest BCUT2D eigenvalue weighted by atomic mass is 9.47. The molecule has 206 valence electrons. The van der Waals surface area contributed by atoms with Gasteiger partial charge >= 0.3 is 0 Å². The Morgan fingerprint density at radius 2 is 2.03 bits per heavy atom. The van der Waals surface area contributed by atoms with Crippen molar-refractivity contribution in [1.82, 2.24) is 9.88 Å². The van der Waals surface area contributed by atoms with Crippen LogP contribution < -0.4 is 10.1 Å². The summed E-state index contributed by atoms with van der Waals surface area (Å²) >= 11 is 1.43. The number of benzene rings is 1. The minimum absolute atomic E-state index is 0.00219. The van der Waals surface area contributed by atoms with E-state index < -0.39 is 11.5 Å². The fraction of sp³-hybridized carbons (Fsp3) is 0.552. The van der Waals surface area contributed by atoms with E-state index in [0.717, 1.165) is 28.3 Å². The van der Waals surface area contributed by atoms with Crippen LogP contribution >= 0.6 is 11.3 Å². The Bertz CT molecular complexity index is 1180. The molecule has 0 spiro atoms. The first-order valence-corrected chi connectivity index (χ1v) is 13.9. The first-order chi connectivity index (χ1) is 18.0. The maximum Gasteiger partial charge on any atom is 0.230 e. The van der Waals surface area contributed by atoms with Crippen LogP contribution in [0.1, 0.15) is 55.2 Å². The molecule has 3 N–H and O–H groups in total. The summed E-state index contributed by atoms with van der Waals surface area (Å²) < 4.78 is 5.19. The molecule has 0 saturated heterocycles. The van der Waals surface area contributed by atoms with Crippen LogP contribution in [0.2, 0.25) is 0 Å². The fourth-order valence-electron chi connectivity index (χ4n) is 6.42. The fourth-order valence-corrected chi connectivity index (χ4v) is 7.50. The molecular weight excluding hydrogens is 502 g/mol. The molecule has 1 aromatic heterocycles. The quantitative estimate of drug-likeness (QED) is 0.417. The maximum atomic E-state index is 13.2. The summed E-state index contributed by atoms with van der Waals surface area (Å²) in [6.07, 6.45) is 3.48. The minimum atomic E-state index is -0.694. The van der Waals surface area contributed by atoms with Gasteiger partial charge in [0.1, 0.15) is 5.75 Å². The second-order valence-corrected chi connectivity index (χ2v) is 12.3. The first-order valence-electron chi connectivity index (χ1n) is 13.1. The van der Waals surface area contributed by atoms with E-state index in [9.17, 15) is 19.8 Å². The van der Waals surface area contributed by atoms with E-state index in [4.69, 9.17) is 9.72 Å². The number of ether oxygens (including phenoxy) is 1. The molecular formula is C29H39N3O5S. The smallest absolute Gasteiger partial charge is 0.230 e. The molecule has 38 heavy (non-hydrogen) atoms. The number of rotatable bonds is 9. The molecule has 9 heteroatoms. The van der Waals surface area contributed by atoms with Crippen LogP contribution in [-0.4, -0.2) is 65.3 Å². The molecule has 8 nitrogen and oxygen atoms in total. The van der Waals surface area contributed by atoms with Gasteiger partial charge in [0.25, 0.3) is 0 Å².